The zero-order valence-corrected chi connectivity index (χ0v) is 7.08. The van der Waals surface area contributed by atoms with E-state index in [2.05, 4.69) is 0 Å². The predicted octanol–water partition coefficient (Wildman–Crippen LogP) is 0.383. The number of hydrogen-bond acceptors (Lipinski definition) is 3. The highest BCUT2D eigenvalue weighted by molar-refractivity contribution is 6.04. The smallest absolute Gasteiger partial charge is 0.157 e. The summed E-state index contributed by atoms with van der Waals surface area (Å²) in [5.41, 5.74) is 0. The first-order valence-electron chi connectivity index (χ1n) is 4.56. The summed E-state index contributed by atoms with van der Waals surface area (Å²) in [6.07, 6.45) is 3.42. The monoisotopic (exact) mass is 167 g/mol. The van der Waals surface area contributed by atoms with Gasteiger partial charge in [-0.3, -0.25) is 14.5 Å². The van der Waals surface area contributed by atoms with E-state index in [1.54, 1.807) is 0 Å². The predicted molar refractivity (Wildman–Crippen MR) is 43.8 cm³/mol. The summed E-state index contributed by atoms with van der Waals surface area (Å²) in [6, 6.07) is 0.0800. The molecule has 2 fully saturated rings. The summed E-state index contributed by atoms with van der Waals surface area (Å²) in [7, 11) is 0. The molecule has 0 spiro atoms. The van der Waals surface area contributed by atoms with Gasteiger partial charge in [0, 0.05) is 0 Å². The molecule has 12 heavy (non-hydrogen) atoms. The minimum atomic E-state index is 0.0800. The molecular weight excluding hydrogens is 154 g/mol. The van der Waals surface area contributed by atoms with E-state index in [-0.39, 0.29) is 24.0 Å². The zero-order chi connectivity index (χ0) is 8.55. The van der Waals surface area contributed by atoms with E-state index in [4.69, 9.17) is 0 Å². The summed E-state index contributed by atoms with van der Waals surface area (Å²) < 4.78 is 0. The Morgan fingerprint density at radius 2 is 2.08 bits per heavy atom. The Labute approximate surface area is 71.7 Å². The van der Waals surface area contributed by atoms with Gasteiger partial charge in [0.25, 0.3) is 0 Å². The van der Waals surface area contributed by atoms with Gasteiger partial charge >= 0.3 is 0 Å². The number of rotatable bonds is 0. The first-order chi connectivity index (χ1) is 5.77. The molecule has 0 aromatic carbocycles. The molecule has 2 rings (SSSR count). The number of carbonyl (C=O) groups is 2. The Balaban J connectivity index is 2.11. The van der Waals surface area contributed by atoms with Gasteiger partial charge in [-0.05, 0) is 19.4 Å². The summed E-state index contributed by atoms with van der Waals surface area (Å²) in [5.74, 6) is 0.240. The second kappa shape index (κ2) is 2.98. The first kappa shape index (κ1) is 7.92. The van der Waals surface area contributed by atoms with Crippen molar-refractivity contribution in [1.29, 1.82) is 0 Å². The largest absolute Gasteiger partial charge is 0.298 e. The Bertz CT molecular complexity index is 225. The molecule has 0 aromatic heterocycles. The molecular formula is C9H13NO2. The van der Waals surface area contributed by atoms with Crippen molar-refractivity contribution in [3.8, 4) is 0 Å². The van der Waals surface area contributed by atoms with Crippen molar-refractivity contribution in [3.05, 3.63) is 0 Å². The van der Waals surface area contributed by atoms with Gasteiger partial charge in [0.2, 0.25) is 0 Å². The Morgan fingerprint density at radius 3 is 2.92 bits per heavy atom. The molecule has 0 aliphatic carbocycles. The molecule has 0 amide bonds. The van der Waals surface area contributed by atoms with Crippen LogP contribution in [-0.4, -0.2) is 35.6 Å². The molecule has 2 aliphatic rings. The van der Waals surface area contributed by atoms with Gasteiger partial charge in [0.1, 0.15) is 0 Å². The Morgan fingerprint density at radius 1 is 1.25 bits per heavy atom. The van der Waals surface area contributed by atoms with E-state index in [0.29, 0.717) is 6.54 Å². The first-order valence-corrected chi connectivity index (χ1v) is 4.56. The molecule has 0 saturated carbocycles. The highest BCUT2D eigenvalue weighted by atomic mass is 16.2. The number of nitrogens with zero attached hydrogens (tertiary/aromatic N) is 1. The zero-order valence-electron chi connectivity index (χ0n) is 7.08. The fourth-order valence-corrected chi connectivity index (χ4v) is 2.14. The van der Waals surface area contributed by atoms with Crippen molar-refractivity contribution in [3.63, 3.8) is 0 Å². The maximum absolute atomic E-state index is 11.4. The van der Waals surface area contributed by atoms with Gasteiger partial charge in [0.05, 0.1) is 19.0 Å². The molecule has 3 nitrogen and oxygen atoms in total. The molecule has 66 valence electrons. The van der Waals surface area contributed by atoms with Crippen LogP contribution in [0.2, 0.25) is 0 Å². The lowest BCUT2D eigenvalue weighted by molar-refractivity contribution is -0.137. The van der Waals surface area contributed by atoms with E-state index in [9.17, 15) is 9.59 Å². The number of hydrogen-bond donors (Lipinski definition) is 0. The van der Waals surface area contributed by atoms with Crippen LogP contribution in [0.3, 0.4) is 0 Å². The lowest BCUT2D eigenvalue weighted by Crippen LogP contribution is -2.51. The SMILES string of the molecule is O=C1CC(=O)C2CCCCN2C1. The highest BCUT2D eigenvalue weighted by Crippen LogP contribution is 2.21. The van der Waals surface area contributed by atoms with Crippen LogP contribution in [0.1, 0.15) is 25.7 Å². The molecule has 1 unspecified atom stereocenters. The van der Waals surface area contributed by atoms with Crippen LogP contribution in [-0.2, 0) is 9.59 Å². The quantitative estimate of drug-likeness (QED) is 0.489. The van der Waals surface area contributed by atoms with Crippen LogP contribution in [0.4, 0.5) is 0 Å². The highest BCUT2D eigenvalue weighted by Gasteiger charge is 2.34. The van der Waals surface area contributed by atoms with E-state index in [0.717, 1.165) is 25.8 Å². The van der Waals surface area contributed by atoms with Crippen molar-refractivity contribution >= 4 is 11.6 Å². The summed E-state index contributed by atoms with van der Waals surface area (Å²) >= 11 is 0. The van der Waals surface area contributed by atoms with Crippen LogP contribution in [0.15, 0.2) is 0 Å². The van der Waals surface area contributed by atoms with Crippen molar-refractivity contribution in [1.82, 2.24) is 4.90 Å². The number of ketones is 2. The maximum atomic E-state index is 11.4. The average molecular weight is 167 g/mol. The molecule has 2 aliphatic heterocycles. The van der Waals surface area contributed by atoms with Gasteiger partial charge in [0.15, 0.2) is 11.6 Å². The molecule has 2 heterocycles. The average Bonchev–Trinajstić information content (AvgIpc) is 2.04. The Hall–Kier alpha value is -0.700. The molecule has 3 heteroatoms. The second-order valence-corrected chi connectivity index (χ2v) is 3.66. The molecule has 1 atom stereocenters. The van der Waals surface area contributed by atoms with Gasteiger partial charge in [-0.25, -0.2) is 0 Å². The van der Waals surface area contributed by atoms with Gasteiger partial charge in [-0.2, -0.15) is 0 Å². The lowest BCUT2D eigenvalue weighted by atomic mass is 9.92. The summed E-state index contributed by atoms with van der Waals surface area (Å²) in [6.45, 7) is 1.44. The lowest BCUT2D eigenvalue weighted by Gasteiger charge is -2.36. The van der Waals surface area contributed by atoms with Gasteiger partial charge in [-0.15, -0.1) is 0 Å². The molecule has 2 saturated heterocycles. The number of carbonyl (C=O) groups excluding carboxylic acids is 2. The van der Waals surface area contributed by atoms with Crippen LogP contribution >= 0.6 is 0 Å². The maximum Gasteiger partial charge on any atom is 0.157 e. The fourth-order valence-electron chi connectivity index (χ4n) is 2.14. The van der Waals surface area contributed by atoms with Crippen molar-refractivity contribution < 1.29 is 9.59 Å². The van der Waals surface area contributed by atoms with E-state index in [1.165, 1.54) is 0 Å². The number of fused-ring (bicyclic) bond motifs is 1. The summed E-state index contributed by atoms with van der Waals surface area (Å²) in [4.78, 5) is 24.5. The van der Waals surface area contributed by atoms with E-state index < -0.39 is 0 Å². The normalized spacial score (nSPS) is 31.8. The molecule has 0 N–H and O–H groups in total. The second-order valence-electron chi connectivity index (χ2n) is 3.66. The van der Waals surface area contributed by atoms with Crippen LogP contribution < -0.4 is 0 Å². The Kier molecular flexibility index (Phi) is 1.97. The molecule has 0 radical (unpaired) electrons. The topological polar surface area (TPSA) is 37.4 Å². The van der Waals surface area contributed by atoms with Crippen molar-refractivity contribution in [2.24, 2.45) is 0 Å². The van der Waals surface area contributed by atoms with Crippen molar-refractivity contribution in [2.45, 2.75) is 31.7 Å². The minimum Gasteiger partial charge on any atom is -0.298 e. The van der Waals surface area contributed by atoms with Crippen molar-refractivity contribution in [2.75, 3.05) is 13.1 Å². The number of Topliss-reactive ketones (excluding diaryl/α,β-unsaturated/α-hetero) is 2. The third kappa shape index (κ3) is 1.29. The third-order valence-electron chi connectivity index (χ3n) is 2.74. The van der Waals surface area contributed by atoms with Gasteiger partial charge < -0.3 is 0 Å². The minimum absolute atomic E-state index is 0.0800. The fraction of sp³-hybridized carbons (Fsp3) is 0.778. The molecule has 0 bridgehead atoms. The van der Waals surface area contributed by atoms with Crippen LogP contribution in [0, 0.1) is 0 Å². The van der Waals surface area contributed by atoms with Crippen LogP contribution in [0.25, 0.3) is 0 Å². The van der Waals surface area contributed by atoms with E-state index >= 15 is 0 Å². The third-order valence-corrected chi connectivity index (χ3v) is 2.74. The standard InChI is InChI=1S/C9H13NO2/c11-7-5-9(12)8-3-1-2-4-10(8)6-7/h8H,1-6H2. The molecule has 0 aromatic rings. The van der Waals surface area contributed by atoms with Crippen LogP contribution in [0.5, 0.6) is 0 Å². The van der Waals surface area contributed by atoms with Gasteiger partial charge in [-0.1, -0.05) is 6.42 Å². The number of piperidine rings is 2. The summed E-state index contributed by atoms with van der Waals surface area (Å²) in [5, 5.41) is 0. The van der Waals surface area contributed by atoms with E-state index in [1.807, 2.05) is 4.90 Å².